The van der Waals surface area contributed by atoms with Crippen molar-refractivity contribution in [3.63, 3.8) is 0 Å². The average Bonchev–Trinajstić information content (AvgIpc) is 2.70. The molecule has 0 saturated carbocycles. The number of carbonyl (C=O) groups is 1. The van der Waals surface area contributed by atoms with Crippen molar-refractivity contribution in [1.29, 1.82) is 0 Å². The summed E-state index contributed by atoms with van der Waals surface area (Å²) in [5.74, 6) is 1.56. The maximum Gasteiger partial charge on any atom is 0.240 e. The molecule has 2 aromatic rings. The van der Waals surface area contributed by atoms with Gasteiger partial charge in [0.2, 0.25) is 5.91 Å². The Morgan fingerprint density at radius 3 is 2.43 bits per heavy atom. The van der Waals surface area contributed by atoms with Crippen LogP contribution in [-0.2, 0) is 4.79 Å². The van der Waals surface area contributed by atoms with E-state index in [2.05, 4.69) is 10.5 Å². The lowest BCUT2D eigenvalue weighted by atomic mass is 10.1. The Kier molecular flexibility index (Phi) is 8.42. The first-order valence-corrected chi connectivity index (χ1v) is 9.33. The van der Waals surface area contributed by atoms with Gasteiger partial charge in [0, 0.05) is 17.0 Å². The van der Waals surface area contributed by atoms with Crippen molar-refractivity contribution < 1.29 is 19.0 Å². The molecule has 2 aromatic carbocycles. The number of nitrogens with one attached hydrogen (secondary N) is 1. The summed E-state index contributed by atoms with van der Waals surface area (Å²) < 4.78 is 16.0. The van der Waals surface area contributed by atoms with Gasteiger partial charge < -0.3 is 14.2 Å². The van der Waals surface area contributed by atoms with E-state index in [1.165, 1.54) is 0 Å². The molecule has 0 bridgehead atoms. The Labute approximate surface area is 174 Å². The van der Waals surface area contributed by atoms with Gasteiger partial charge in [-0.15, -0.1) is 0 Å². The van der Waals surface area contributed by atoms with Crippen molar-refractivity contribution in [1.82, 2.24) is 5.43 Å². The highest BCUT2D eigenvalue weighted by Crippen LogP contribution is 2.28. The Morgan fingerprint density at radius 2 is 1.75 bits per heavy atom. The molecule has 1 amide bonds. The number of rotatable bonds is 9. The molecular formula is C20H22Cl2N2O4. The normalized spacial score (nSPS) is 11.1. The Balaban J connectivity index is 1.81. The van der Waals surface area contributed by atoms with E-state index in [9.17, 15) is 4.79 Å². The zero-order valence-corrected chi connectivity index (χ0v) is 17.4. The molecule has 0 heterocycles. The van der Waals surface area contributed by atoms with Gasteiger partial charge in [-0.3, -0.25) is 4.79 Å². The van der Waals surface area contributed by atoms with Crippen molar-refractivity contribution in [2.24, 2.45) is 5.10 Å². The Hall–Kier alpha value is -2.44. The molecule has 0 saturated heterocycles. The standard InChI is InChI=1S/C20H22Cl2N2O4/c1-13(14-6-8-18(26-2)19(11-14)27-3)23-24-20(25)5-4-10-28-17-9-7-15(21)12-16(17)22/h6-9,11-12H,4-5,10H2,1-3H3,(H,24,25)/b23-13+. The topological polar surface area (TPSA) is 69.2 Å². The second kappa shape index (κ2) is 10.8. The molecule has 0 unspecified atom stereocenters. The van der Waals surface area contributed by atoms with Crippen LogP contribution in [-0.4, -0.2) is 32.4 Å². The predicted octanol–water partition coefficient (Wildman–Crippen LogP) is 4.71. The highest BCUT2D eigenvalue weighted by molar-refractivity contribution is 6.35. The Morgan fingerprint density at radius 1 is 1.04 bits per heavy atom. The van der Waals surface area contributed by atoms with E-state index in [0.29, 0.717) is 46.0 Å². The van der Waals surface area contributed by atoms with Crippen molar-refractivity contribution in [2.45, 2.75) is 19.8 Å². The third-order valence-corrected chi connectivity index (χ3v) is 4.38. The first kappa shape index (κ1) is 21.9. The van der Waals surface area contributed by atoms with Gasteiger partial charge >= 0.3 is 0 Å². The number of nitrogens with zero attached hydrogens (tertiary/aromatic N) is 1. The highest BCUT2D eigenvalue weighted by Gasteiger charge is 2.08. The predicted molar refractivity (Wildman–Crippen MR) is 111 cm³/mol. The van der Waals surface area contributed by atoms with Crippen molar-refractivity contribution in [2.75, 3.05) is 20.8 Å². The van der Waals surface area contributed by atoms with E-state index in [0.717, 1.165) is 5.56 Å². The van der Waals surface area contributed by atoms with E-state index in [-0.39, 0.29) is 12.3 Å². The van der Waals surface area contributed by atoms with E-state index < -0.39 is 0 Å². The Bertz CT molecular complexity index is 856. The summed E-state index contributed by atoms with van der Waals surface area (Å²) in [5, 5.41) is 5.11. The van der Waals surface area contributed by atoms with Crippen LogP contribution >= 0.6 is 23.2 Å². The maximum absolute atomic E-state index is 12.0. The van der Waals surface area contributed by atoms with Gasteiger partial charge in [0.15, 0.2) is 11.5 Å². The molecule has 0 spiro atoms. The quantitative estimate of drug-likeness (QED) is 0.359. The van der Waals surface area contributed by atoms with Crippen LogP contribution in [0.4, 0.5) is 0 Å². The first-order valence-electron chi connectivity index (χ1n) is 8.58. The summed E-state index contributed by atoms with van der Waals surface area (Å²) >= 11 is 11.9. The highest BCUT2D eigenvalue weighted by atomic mass is 35.5. The van der Waals surface area contributed by atoms with E-state index in [1.54, 1.807) is 51.5 Å². The van der Waals surface area contributed by atoms with Crippen LogP contribution in [0, 0.1) is 0 Å². The fourth-order valence-corrected chi connectivity index (χ4v) is 2.80. The number of hydrogen-bond donors (Lipinski definition) is 1. The van der Waals surface area contributed by atoms with E-state index in [4.69, 9.17) is 37.4 Å². The molecule has 6 nitrogen and oxygen atoms in total. The molecule has 28 heavy (non-hydrogen) atoms. The van der Waals surface area contributed by atoms with E-state index in [1.807, 2.05) is 6.07 Å². The number of ether oxygens (including phenoxy) is 3. The minimum atomic E-state index is -0.203. The van der Waals surface area contributed by atoms with Gasteiger partial charge in [-0.05, 0) is 49.7 Å². The summed E-state index contributed by atoms with van der Waals surface area (Å²) in [5.41, 5.74) is 4.01. The number of halogens is 2. The molecule has 0 aliphatic carbocycles. The number of hydrazone groups is 1. The van der Waals surface area contributed by atoms with Gasteiger partial charge in [0.25, 0.3) is 0 Å². The first-order chi connectivity index (χ1) is 13.4. The number of hydrogen-bond acceptors (Lipinski definition) is 5. The molecule has 150 valence electrons. The lowest BCUT2D eigenvalue weighted by Crippen LogP contribution is -2.19. The molecular weight excluding hydrogens is 403 g/mol. The summed E-state index contributed by atoms with van der Waals surface area (Å²) in [6.07, 6.45) is 0.795. The van der Waals surface area contributed by atoms with Crippen LogP contribution in [0.3, 0.4) is 0 Å². The molecule has 0 atom stereocenters. The van der Waals surface area contributed by atoms with Gasteiger partial charge in [0.1, 0.15) is 5.75 Å². The van der Waals surface area contributed by atoms with Crippen molar-refractivity contribution in [3.8, 4) is 17.2 Å². The lowest BCUT2D eigenvalue weighted by molar-refractivity contribution is -0.121. The fourth-order valence-electron chi connectivity index (χ4n) is 2.34. The zero-order chi connectivity index (χ0) is 20.5. The summed E-state index contributed by atoms with van der Waals surface area (Å²) in [4.78, 5) is 12.0. The van der Waals surface area contributed by atoms with Crippen LogP contribution in [0.5, 0.6) is 17.2 Å². The third-order valence-electron chi connectivity index (χ3n) is 3.85. The lowest BCUT2D eigenvalue weighted by Gasteiger charge is -2.10. The van der Waals surface area contributed by atoms with Crippen LogP contribution in [0.25, 0.3) is 0 Å². The number of carbonyl (C=O) groups excluding carboxylic acids is 1. The smallest absolute Gasteiger partial charge is 0.240 e. The van der Waals surface area contributed by atoms with Crippen LogP contribution in [0.2, 0.25) is 10.0 Å². The summed E-state index contributed by atoms with van der Waals surface area (Å²) in [6, 6.07) is 10.4. The van der Waals surface area contributed by atoms with Gasteiger partial charge in [-0.1, -0.05) is 23.2 Å². The second-order valence-corrected chi connectivity index (χ2v) is 6.67. The van der Waals surface area contributed by atoms with Gasteiger partial charge in [-0.25, -0.2) is 5.43 Å². The van der Waals surface area contributed by atoms with Crippen molar-refractivity contribution >= 4 is 34.8 Å². The minimum absolute atomic E-state index is 0.203. The third kappa shape index (κ3) is 6.32. The zero-order valence-electron chi connectivity index (χ0n) is 15.9. The van der Waals surface area contributed by atoms with Crippen LogP contribution in [0.1, 0.15) is 25.3 Å². The number of methoxy groups -OCH3 is 2. The SMILES string of the molecule is COc1ccc(/C(C)=N/NC(=O)CCCOc2ccc(Cl)cc2Cl)cc1OC. The molecule has 0 radical (unpaired) electrons. The van der Waals surface area contributed by atoms with E-state index >= 15 is 0 Å². The van der Waals surface area contributed by atoms with Crippen molar-refractivity contribution in [3.05, 3.63) is 52.0 Å². The average molecular weight is 425 g/mol. The number of amides is 1. The summed E-state index contributed by atoms with van der Waals surface area (Å²) in [7, 11) is 3.14. The molecule has 0 aliphatic heterocycles. The van der Waals surface area contributed by atoms with Gasteiger partial charge in [-0.2, -0.15) is 5.10 Å². The van der Waals surface area contributed by atoms with Gasteiger partial charge in [0.05, 0.1) is 31.6 Å². The minimum Gasteiger partial charge on any atom is -0.493 e. The summed E-state index contributed by atoms with van der Waals surface area (Å²) in [6.45, 7) is 2.15. The maximum atomic E-state index is 12.0. The second-order valence-electron chi connectivity index (χ2n) is 5.83. The molecule has 0 aromatic heterocycles. The monoisotopic (exact) mass is 424 g/mol. The van der Waals surface area contributed by atoms with Crippen LogP contribution < -0.4 is 19.6 Å². The molecule has 2 rings (SSSR count). The molecule has 0 aliphatic rings. The largest absolute Gasteiger partial charge is 0.493 e. The number of benzene rings is 2. The van der Waals surface area contributed by atoms with Crippen LogP contribution in [0.15, 0.2) is 41.5 Å². The fraction of sp³-hybridized carbons (Fsp3) is 0.300. The molecule has 1 N–H and O–H groups in total. The molecule has 0 fully saturated rings. The molecule has 8 heteroatoms.